The van der Waals surface area contributed by atoms with Gasteiger partial charge in [0.1, 0.15) is 12.3 Å². The number of alkyl carbamates (subject to hydrolysis) is 1. The summed E-state index contributed by atoms with van der Waals surface area (Å²) >= 11 is 0. The molecule has 1 N–H and O–H groups in total. The lowest BCUT2D eigenvalue weighted by atomic mass is 10.2. The summed E-state index contributed by atoms with van der Waals surface area (Å²) in [4.78, 5) is 23.2. The van der Waals surface area contributed by atoms with Gasteiger partial charge in [-0.1, -0.05) is 43.3 Å². The van der Waals surface area contributed by atoms with Crippen molar-refractivity contribution in [2.45, 2.75) is 26.9 Å². The van der Waals surface area contributed by atoms with Gasteiger partial charge in [0.15, 0.2) is 0 Å². The molecule has 0 aliphatic carbocycles. The molecular weight excluding hydrogens is 258 g/mol. The van der Waals surface area contributed by atoms with Crippen LogP contribution in [0.25, 0.3) is 0 Å². The Bertz CT molecular complexity index is 468. The highest BCUT2D eigenvalue weighted by molar-refractivity contribution is 5.92. The quantitative estimate of drug-likeness (QED) is 0.641. The number of hydrogen-bond acceptors (Lipinski definition) is 4. The minimum absolute atomic E-state index is 0.104. The fourth-order valence-corrected chi connectivity index (χ4v) is 1.47. The van der Waals surface area contributed by atoms with E-state index in [9.17, 15) is 9.59 Å². The topological polar surface area (TPSA) is 64.6 Å². The SMILES string of the molecule is CC/C=C(/NC(=O)OCc1ccccc1)C(=O)OCC. The first kappa shape index (κ1) is 15.8. The van der Waals surface area contributed by atoms with Crippen molar-refractivity contribution in [1.82, 2.24) is 5.32 Å². The molecule has 5 nitrogen and oxygen atoms in total. The largest absolute Gasteiger partial charge is 0.461 e. The second kappa shape index (κ2) is 8.74. The van der Waals surface area contributed by atoms with Crippen molar-refractivity contribution in [2.75, 3.05) is 6.61 Å². The molecule has 0 aliphatic heterocycles. The molecule has 108 valence electrons. The average molecular weight is 277 g/mol. The van der Waals surface area contributed by atoms with E-state index in [1.807, 2.05) is 37.3 Å². The van der Waals surface area contributed by atoms with Gasteiger partial charge in [-0.15, -0.1) is 0 Å². The van der Waals surface area contributed by atoms with Gasteiger partial charge in [0, 0.05) is 0 Å². The van der Waals surface area contributed by atoms with Crippen molar-refractivity contribution in [2.24, 2.45) is 0 Å². The van der Waals surface area contributed by atoms with E-state index in [0.717, 1.165) is 5.56 Å². The van der Waals surface area contributed by atoms with Crippen molar-refractivity contribution < 1.29 is 19.1 Å². The molecule has 1 aromatic carbocycles. The standard InChI is InChI=1S/C15H19NO4/c1-3-8-13(14(17)19-4-2)16-15(18)20-11-12-9-6-5-7-10-12/h5-10H,3-4,11H2,1-2H3,(H,16,18)/b13-8+. The fraction of sp³-hybridized carbons (Fsp3) is 0.333. The second-order valence-electron chi connectivity index (χ2n) is 3.93. The molecule has 0 aliphatic rings. The Morgan fingerprint density at radius 3 is 2.45 bits per heavy atom. The number of rotatable bonds is 6. The lowest BCUT2D eigenvalue weighted by Gasteiger charge is -2.09. The predicted molar refractivity (Wildman–Crippen MR) is 74.8 cm³/mol. The van der Waals surface area contributed by atoms with Crippen LogP contribution in [0.4, 0.5) is 4.79 Å². The molecule has 0 spiro atoms. The molecule has 0 fully saturated rings. The highest BCUT2D eigenvalue weighted by atomic mass is 16.6. The number of nitrogens with one attached hydrogen (secondary N) is 1. The summed E-state index contributed by atoms with van der Waals surface area (Å²) in [7, 11) is 0. The van der Waals surface area contributed by atoms with Gasteiger partial charge in [0.05, 0.1) is 6.61 Å². The van der Waals surface area contributed by atoms with E-state index in [0.29, 0.717) is 6.42 Å². The Morgan fingerprint density at radius 2 is 1.85 bits per heavy atom. The Labute approximate surface area is 118 Å². The predicted octanol–water partition coefficient (Wildman–Crippen LogP) is 2.77. The Balaban J connectivity index is 2.50. The van der Waals surface area contributed by atoms with Crippen LogP contribution in [0.3, 0.4) is 0 Å². The third kappa shape index (κ3) is 5.56. The Morgan fingerprint density at radius 1 is 1.15 bits per heavy atom. The zero-order chi connectivity index (χ0) is 14.8. The number of ether oxygens (including phenoxy) is 2. The van der Waals surface area contributed by atoms with E-state index in [1.165, 1.54) is 0 Å². The number of esters is 1. The summed E-state index contributed by atoms with van der Waals surface area (Å²) in [6, 6.07) is 9.30. The first-order valence-corrected chi connectivity index (χ1v) is 6.52. The summed E-state index contributed by atoms with van der Waals surface area (Å²) in [6.45, 7) is 3.96. The summed E-state index contributed by atoms with van der Waals surface area (Å²) in [5.41, 5.74) is 0.979. The van der Waals surface area contributed by atoms with Crippen LogP contribution < -0.4 is 5.32 Å². The first-order valence-electron chi connectivity index (χ1n) is 6.52. The molecule has 5 heteroatoms. The smallest absolute Gasteiger partial charge is 0.412 e. The zero-order valence-corrected chi connectivity index (χ0v) is 11.7. The highest BCUT2D eigenvalue weighted by Gasteiger charge is 2.14. The zero-order valence-electron chi connectivity index (χ0n) is 11.7. The van der Waals surface area contributed by atoms with Crippen LogP contribution in [-0.2, 0) is 20.9 Å². The molecule has 1 rings (SSSR count). The van der Waals surface area contributed by atoms with Gasteiger partial charge >= 0.3 is 12.1 Å². The highest BCUT2D eigenvalue weighted by Crippen LogP contribution is 2.02. The average Bonchev–Trinajstić information content (AvgIpc) is 2.46. The van der Waals surface area contributed by atoms with Crippen LogP contribution in [0.1, 0.15) is 25.8 Å². The maximum atomic E-state index is 11.6. The minimum Gasteiger partial charge on any atom is -0.461 e. The summed E-state index contributed by atoms with van der Waals surface area (Å²) in [6.07, 6.45) is 1.51. The molecule has 0 unspecified atom stereocenters. The van der Waals surface area contributed by atoms with Crippen molar-refractivity contribution in [3.05, 3.63) is 47.7 Å². The van der Waals surface area contributed by atoms with Crippen molar-refractivity contribution >= 4 is 12.1 Å². The van der Waals surface area contributed by atoms with Crippen molar-refractivity contribution in [3.63, 3.8) is 0 Å². The maximum absolute atomic E-state index is 11.6. The van der Waals surface area contributed by atoms with Gasteiger partial charge in [-0.05, 0) is 18.9 Å². The van der Waals surface area contributed by atoms with Crippen LogP contribution in [0.5, 0.6) is 0 Å². The molecule has 0 saturated carbocycles. The van der Waals surface area contributed by atoms with E-state index in [1.54, 1.807) is 13.0 Å². The van der Waals surface area contributed by atoms with Crippen molar-refractivity contribution in [3.8, 4) is 0 Å². The van der Waals surface area contributed by atoms with Crippen LogP contribution in [0.15, 0.2) is 42.1 Å². The number of benzene rings is 1. The van der Waals surface area contributed by atoms with E-state index in [2.05, 4.69) is 5.32 Å². The molecule has 0 heterocycles. The van der Waals surface area contributed by atoms with E-state index in [-0.39, 0.29) is 18.9 Å². The number of hydrogen-bond donors (Lipinski definition) is 1. The molecule has 1 amide bonds. The van der Waals surface area contributed by atoms with Crippen LogP contribution in [0.2, 0.25) is 0 Å². The van der Waals surface area contributed by atoms with Crippen LogP contribution in [-0.4, -0.2) is 18.7 Å². The van der Waals surface area contributed by atoms with Gasteiger partial charge in [-0.2, -0.15) is 0 Å². The molecule has 0 atom stereocenters. The molecule has 0 saturated heterocycles. The molecule has 0 radical (unpaired) electrons. The third-order valence-electron chi connectivity index (χ3n) is 2.35. The maximum Gasteiger partial charge on any atom is 0.412 e. The second-order valence-corrected chi connectivity index (χ2v) is 3.93. The molecule has 20 heavy (non-hydrogen) atoms. The molecule has 0 bridgehead atoms. The minimum atomic E-state index is -0.679. The van der Waals surface area contributed by atoms with E-state index < -0.39 is 12.1 Å². The first-order chi connectivity index (χ1) is 9.67. The lowest BCUT2D eigenvalue weighted by molar-refractivity contribution is -0.138. The monoisotopic (exact) mass is 277 g/mol. The Hall–Kier alpha value is -2.30. The van der Waals surface area contributed by atoms with Gasteiger partial charge < -0.3 is 9.47 Å². The number of allylic oxidation sites excluding steroid dienone is 1. The molecule has 1 aromatic rings. The Kier molecular flexibility index (Phi) is 6.89. The summed E-state index contributed by atoms with van der Waals surface area (Å²) < 4.78 is 9.88. The summed E-state index contributed by atoms with van der Waals surface area (Å²) in [5, 5.41) is 2.40. The number of amides is 1. The van der Waals surface area contributed by atoms with Gasteiger partial charge in [-0.3, -0.25) is 5.32 Å². The van der Waals surface area contributed by atoms with Gasteiger partial charge in [0.2, 0.25) is 0 Å². The normalized spacial score (nSPS) is 10.8. The molecular formula is C15H19NO4. The van der Waals surface area contributed by atoms with E-state index in [4.69, 9.17) is 9.47 Å². The lowest BCUT2D eigenvalue weighted by Crippen LogP contribution is -2.29. The third-order valence-corrected chi connectivity index (χ3v) is 2.35. The van der Waals surface area contributed by atoms with Crippen molar-refractivity contribution in [1.29, 1.82) is 0 Å². The number of carbonyl (C=O) groups excluding carboxylic acids is 2. The molecule has 0 aromatic heterocycles. The van der Waals surface area contributed by atoms with Gasteiger partial charge in [-0.25, -0.2) is 9.59 Å². The van der Waals surface area contributed by atoms with E-state index >= 15 is 0 Å². The fourth-order valence-electron chi connectivity index (χ4n) is 1.47. The van der Waals surface area contributed by atoms with Crippen LogP contribution in [0, 0.1) is 0 Å². The van der Waals surface area contributed by atoms with Crippen LogP contribution >= 0.6 is 0 Å². The number of carbonyl (C=O) groups is 2. The summed E-state index contributed by atoms with van der Waals surface area (Å²) in [5.74, 6) is -0.564. The van der Waals surface area contributed by atoms with Gasteiger partial charge in [0.25, 0.3) is 0 Å².